The Kier molecular flexibility index (Phi) is 7.81. The Morgan fingerprint density at radius 2 is 2.10 bits per heavy atom. The molecule has 0 radical (unpaired) electrons. The van der Waals surface area contributed by atoms with Crippen LogP contribution in [0.1, 0.15) is 45.1 Å². The minimum absolute atomic E-state index is 0.522. The lowest BCUT2D eigenvalue weighted by Gasteiger charge is -2.25. The number of ether oxygens (including phenoxy) is 1. The van der Waals surface area contributed by atoms with Gasteiger partial charge >= 0.3 is 0 Å². The third-order valence-corrected chi connectivity index (χ3v) is 3.70. The van der Waals surface area contributed by atoms with Crippen LogP contribution in [0, 0.1) is 11.3 Å². The number of rotatable bonds is 10. The van der Waals surface area contributed by atoms with Gasteiger partial charge in [0.15, 0.2) is 0 Å². The number of aliphatic hydroxyl groups is 1. The van der Waals surface area contributed by atoms with Crippen molar-refractivity contribution in [1.82, 2.24) is 5.32 Å². The van der Waals surface area contributed by atoms with E-state index in [-0.39, 0.29) is 0 Å². The molecule has 0 heterocycles. The Labute approximate surface area is 127 Å². The largest absolute Gasteiger partial charge is 0.494 e. The van der Waals surface area contributed by atoms with Crippen molar-refractivity contribution in [3.05, 3.63) is 29.8 Å². The van der Waals surface area contributed by atoms with Crippen LogP contribution in [0.5, 0.6) is 5.75 Å². The highest BCUT2D eigenvalue weighted by molar-refractivity contribution is 5.28. The molecule has 0 aliphatic carbocycles. The highest BCUT2D eigenvalue weighted by atomic mass is 16.5. The monoisotopic (exact) mass is 290 g/mol. The first-order valence-corrected chi connectivity index (χ1v) is 7.65. The summed E-state index contributed by atoms with van der Waals surface area (Å²) < 4.78 is 5.61. The first-order chi connectivity index (χ1) is 10.1. The molecule has 0 aliphatic rings. The number of hydrogen-bond acceptors (Lipinski definition) is 4. The number of benzene rings is 1. The van der Waals surface area contributed by atoms with Crippen LogP contribution in [-0.2, 0) is 6.54 Å². The summed E-state index contributed by atoms with van der Waals surface area (Å²) in [5.41, 5.74) is 0.508. The molecule has 0 aliphatic heterocycles. The first kappa shape index (κ1) is 17.5. The van der Waals surface area contributed by atoms with Crippen molar-refractivity contribution < 1.29 is 9.84 Å². The van der Waals surface area contributed by atoms with Crippen molar-refractivity contribution in [2.75, 3.05) is 13.2 Å². The number of nitrogens with one attached hydrogen (secondary N) is 1. The zero-order valence-electron chi connectivity index (χ0n) is 13.1. The molecule has 0 unspecified atom stereocenters. The Morgan fingerprint density at radius 3 is 2.76 bits per heavy atom. The summed E-state index contributed by atoms with van der Waals surface area (Å²) in [5, 5.41) is 22.0. The molecule has 0 amide bonds. The average Bonchev–Trinajstić information content (AvgIpc) is 2.52. The van der Waals surface area contributed by atoms with Crippen LogP contribution in [0.2, 0.25) is 0 Å². The van der Waals surface area contributed by atoms with Gasteiger partial charge in [-0.25, -0.2) is 0 Å². The quantitative estimate of drug-likeness (QED) is 0.650. The molecule has 2 N–H and O–H groups in total. The molecule has 0 saturated heterocycles. The van der Waals surface area contributed by atoms with E-state index in [1.807, 2.05) is 38.1 Å². The topological polar surface area (TPSA) is 65.3 Å². The zero-order valence-corrected chi connectivity index (χ0v) is 13.1. The maximum absolute atomic E-state index is 10.2. The lowest BCUT2D eigenvalue weighted by Crippen LogP contribution is -2.39. The molecule has 1 aromatic carbocycles. The molecule has 0 aromatic heterocycles. The molecular formula is C17H26N2O2. The summed E-state index contributed by atoms with van der Waals surface area (Å²) in [6.45, 7) is 5.86. The second-order valence-corrected chi connectivity index (χ2v) is 5.29. The van der Waals surface area contributed by atoms with E-state index in [1.165, 1.54) is 0 Å². The van der Waals surface area contributed by atoms with Gasteiger partial charge in [0.2, 0.25) is 0 Å². The van der Waals surface area contributed by atoms with E-state index in [4.69, 9.17) is 10.00 Å². The standard InChI is InChI=1S/C17H26N2O2/c1-3-17(20,4-2)14-19-13-15-8-7-9-16(12-15)21-11-6-5-10-18/h7-9,12,19-20H,3-6,11,13-14H2,1-2H3. The van der Waals surface area contributed by atoms with Crippen molar-refractivity contribution in [3.63, 3.8) is 0 Å². The van der Waals surface area contributed by atoms with Crippen LogP contribution < -0.4 is 10.1 Å². The smallest absolute Gasteiger partial charge is 0.119 e. The van der Waals surface area contributed by atoms with E-state index in [9.17, 15) is 5.11 Å². The molecule has 0 fully saturated rings. The number of unbranched alkanes of at least 4 members (excludes halogenated alkanes) is 1. The summed E-state index contributed by atoms with van der Waals surface area (Å²) in [6.07, 6.45) is 2.77. The van der Waals surface area contributed by atoms with Gasteiger partial charge in [-0.15, -0.1) is 0 Å². The molecule has 116 valence electrons. The second-order valence-electron chi connectivity index (χ2n) is 5.29. The highest BCUT2D eigenvalue weighted by Gasteiger charge is 2.20. The fourth-order valence-electron chi connectivity index (χ4n) is 2.03. The average molecular weight is 290 g/mol. The van der Waals surface area contributed by atoms with Gasteiger partial charge in [-0.05, 0) is 37.0 Å². The fraction of sp³-hybridized carbons (Fsp3) is 0.588. The molecule has 0 atom stereocenters. The summed E-state index contributed by atoms with van der Waals surface area (Å²) in [5.74, 6) is 0.827. The van der Waals surface area contributed by atoms with Gasteiger partial charge in [-0.1, -0.05) is 26.0 Å². The SMILES string of the molecule is CCC(O)(CC)CNCc1cccc(OCCCC#N)c1. The zero-order chi connectivity index (χ0) is 15.6. The minimum atomic E-state index is -0.620. The molecule has 0 bridgehead atoms. The van der Waals surface area contributed by atoms with Gasteiger partial charge in [-0.3, -0.25) is 0 Å². The predicted octanol–water partition coefficient (Wildman–Crippen LogP) is 3.01. The number of nitriles is 1. The maximum Gasteiger partial charge on any atom is 0.119 e. The van der Waals surface area contributed by atoms with Crippen molar-refractivity contribution in [2.24, 2.45) is 0 Å². The Bertz CT molecular complexity index is 450. The van der Waals surface area contributed by atoms with Crippen LogP contribution >= 0.6 is 0 Å². The summed E-state index contributed by atoms with van der Waals surface area (Å²) in [4.78, 5) is 0. The molecule has 4 heteroatoms. The van der Waals surface area contributed by atoms with Crippen molar-refractivity contribution in [2.45, 2.75) is 51.7 Å². The maximum atomic E-state index is 10.2. The van der Waals surface area contributed by atoms with Gasteiger partial charge in [0.05, 0.1) is 18.3 Å². The van der Waals surface area contributed by atoms with Crippen LogP contribution in [0.4, 0.5) is 0 Å². The van der Waals surface area contributed by atoms with E-state index < -0.39 is 5.60 Å². The van der Waals surface area contributed by atoms with Gasteiger partial charge in [0, 0.05) is 19.5 Å². The predicted molar refractivity (Wildman–Crippen MR) is 84.0 cm³/mol. The Hall–Kier alpha value is -1.57. The Balaban J connectivity index is 2.40. The number of nitrogens with zero attached hydrogens (tertiary/aromatic N) is 1. The lowest BCUT2D eigenvalue weighted by molar-refractivity contribution is 0.0323. The van der Waals surface area contributed by atoms with Crippen molar-refractivity contribution >= 4 is 0 Å². The molecule has 0 spiro atoms. The normalized spacial score (nSPS) is 11.1. The molecule has 4 nitrogen and oxygen atoms in total. The molecule has 1 aromatic rings. The van der Waals surface area contributed by atoms with Crippen LogP contribution in [0.25, 0.3) is 0 Å². The lowest BCUT2D eigenvalue weighted by atomic mass is 9.97. The van der Waals surface area contributed by atoms with Crippen LogP contribution in [0.3, 0.4) is 0 Å². The molecule has 0 saturated carbocycles. The van der Waals surface area contributed by atoms with E-state index in [2.05, 4.69) is 11.4 Å². The molecular weight excluding hydrogens is 264 g/mol. The third kappa shape index (κ3) is 6.61. The first-order valence-electron chi connectivity index (χ1n) is 7.65. The minimum Gasteiger partial charge on any atom is -0.494 e. The van der Waals surface area contributed by atoms with E-state index in [1.54, 1.807) is 0 Å². The van der Waals surface area contributed by atoms with E-state index >= 15 is 0 Å². The van der Waals surface area contributed by atoms with Gasteiger partial charge in [0.1, 0.15) is 5.75 Å². The third-order valence-electron chi connectivity index (χ3n) is 3.70. The van der Waals surface area contributed by atoms with Gasteiger partial charge < -0.3 is 15.2 Å². The Morgan fingerprint density at radius 1 is 1.33 bits per heavy atom. The second kappa shape index (κ2) is 9.38. The number of hydrogen-bond donors (Lipinski definition) is 2. The molecule has 21 heavy (non-hydrogen) atoms. The van der Waals surface area contributed by atoms with E-state index in [0.717, 1.165) is 30.6 Å². The van der Waals surface area contributed by atoms with Crippen molar-refractivity contribution in [1.29, 1.82) is 5.26 Å². The van der Waals surface area contributed by atoms with Crippen LogP contribution in [0.15, 0.2) is 24.3 Å². The summed E-state index contributed by atoms with van der Waals surface area (Å²) >= 11 is 0. The van der Waals surface area contributed by atoms with Crippen LogP contribution in [-0.4, -0.2) is 23.9 Å². The van der Waals surface area contributed by atoms with Gasteiger partial charge in [0.25, 0.3) is 0 Å². The van der Waals surface area contributed by atoms with Gasteiger partial charge in [-0.2, -0.15) is 5.26 Å². The summed E-state index contributed by atoms with van der Waals surface area (Å²) in [6, 6.07) is 10.0. The fourth-order valence-corrected chi connectivity index (χ4v) is 2.03. The summed E-state index contributed by atoms with van der Waals surface area (Å²) in [7, 11) is 0. The van der Waals surface area contributed by atoms with E-state index in [0.29, 0.717) is 26.1 Å². The highest BCUT2D eigenvalue weighted by Crippen LogP contribution is 2.15. The van der Waals surface area contributed by atoms with Crippen molar-refractivity contribution in [3.8, 4) is 11.8 Å². The molecule has 1 rings (SSSR count).